The van der Waals surface area contributed by atoms with Crippen LogP contribution in [0.1, 0.15) is 30.7 Å². The number of amides is 2. The normalized spacial score (nSPS) is 19.7. The van der Waals surface area contributed by atoms with Crippen LogP contribution in [0.3, 0.4) is 0 Å². The monoisotopic (exact) mass is 407 g/mol. The third-order valence-corrected chi connectivity index (χ3v) is 5.86. The van der Waals surface area contributed by atoms with Crippen molar-refractivity contribution in [1.29, 1.82) is 0 Å². The lowest BCUT2D eigenvalue weighted by molar-refractivity contribution is 0.255. The maximum Gasteiger partial charge on any atom is 0.328 e. The predicted octanol–water partition coefficient (Wildman–Crippen LogP) is 4.17. The molecule has 2 aliphatic rings. The molecule has 0 bridgehead atoms. The van der Waals surface area contributed by atoms with Crippen molar-refractivity contribution in [1.82, 2.24) is 15.0 Å². The van der Waals surface area contributed by atoms with Gasteiger partial charge in [0, 0.05) is 41.0 Å². The summed E-state index contributed by atoms with van der Waals surface area (Å²) in [5.41, 5.74) is 2.06. The number of benzene rings is 1. The van der Waals surface area contributed by atoms with E-state index in [0.717, 1.165) is 24.8 Å². The van der Waals surface area contributed by atoms with E-state index in [1.807, 2.05) is 12.1 Å². The van der Waals surface area contributed by atoms with Gasteiger partial charge >= 0.3 is 6.03 Å². The van der Waals surface area contributed by atoms with Gasteiger partial charge in [-0.1, -0.05) is 30.2 Å². The van der Waals surface area contributed by atoms with E-state index in [0.29, 0.717) is 27.9 Å². The largest absolute Gasteiger partial charge is 0.341 e. The minimum Gasteiger partial charge on any atom is -0.341 e. The zero-order valence-electron chi connectivity index (χ0n) is 15.4. The van der Waals surface area contributed by atoms with Crippen LogP contribution in [-0.4, -0.2) is 27.0 Å². The molecule has 5 rings (SSSR count). The zero-order valence-corrected chi connectivity index (χ0v) is 16.2. The highest BCUT2D eigenvalue weighted by Gasteiger charge is 2.46. The van der Waals surface area contributed by atoms with Crippen LogP contribution in [0.4, 0.5) is 16.4 Å². The number of carbonyl (C=O) groups is 1. The molecule has 0 spiro atoms. The van der Waals surface area contributed by atoms with Crippen molar-refractivity contribution in [2.24, 2.45) is 0 Å². The SMILES string of the molecule is O=C(Nc1cnccn1)N1c2[nH]c(-c3cccc(Cl)c3)cc(=O)c2C2CCCC21. The van der Waals surface area contributed by atoms with Gasteiger partial charge in [0.05, 0.1) is 11.9 Å². The van der Waals surface area contributed by atoms with Crippen molar-refractivity contribution in [3.05, 3.63) is 69.7 Å². The Morgan fingerprint density at radius 1 is 1.24 bits per heavy atom. The van der Waals surface area contributed by atoms with Crippen LogP contribution in [0.5, 0.6) is 0 Å². The number of halogens is 1. The standard InChI is InChI=1S/C21H18ClN5O2/c22-13-4-1-3-12(9-13)15-10-17(28)19-14-5-2-6-16(14)27(20(19)25-15)21(29)26-18-11-23-7-8-24-18/h1,3-4,7-11,14,16H,2,5-6H2,(H,25,28)(H,24,26,29). The summed E-state index contributed by atoms with van der Waals surface area (Å²) in [5.74, 6) is 0.979. The van der Waals surface area contributed by atoms with Crippen LogP contribution in [0.25, 0.3) is 11.3 Å². The van der Waals surface area contributed by atoms with E-state index in [1.54, 1.807) is 29.3 Å². The maximum atomic E-state index is 13.1. The number of nitrogens with one attached hydrogen (secondary N) is 2. The quantitative estimate of drug-likeness (QED) is 0.666. The zero-order chi connectivity index (χ0) is 20.0. The molecular weight excluding hydrogens is 390 g/mol. The summed E-state index contributed by atoms with van der Waals surface area (Å²) in [7, 11) is 0. The minimum absolute atomic E-state index is 0.0415. The fourth-order valence-corrected chi connectivity index (χ4v) is 4.64. The second-order valence-electron chi connectivity index (χ2n) is 7.32. The molecular formula is C21H18ClN5O2. The minimum atomic E-state index is -0.319. The summed E-state index contributed by atoms with van der Waals surface area (Å²) < 4.78 is 0. The van der Waals surface area contributed by atoms with Crippen LogP contribution in [0, 0.1) is 0 Å². The number of aromatic amines is 1. The Kier molecular flexibility index (Phi) is 4.32. The number of H-pyrrole nitrogens is 1. The number of urea groups is 1. The van der Waals surface area contributed by atoms with Crippen LogP contribution >= 0.6 is 11.6 Å². The van der Waals surface area contributed by atoms with Crippen molar-refractivity contribution in [2.45, 2.75) is 31.2 Å². The molecule has 8 heteroatoms. The first kappa shape index (κ1) is 17.9. The van der Waals surface area contributed by atoms with Gasteiger partial charge in [-0.2, -0.15) is 0 Å². The van der Waals surface area contributed by atoms with Gasteiger partial charge in [-0.15, -0.1) is 0 Å². The van der Waals surface area contributed by atoms with Gasteiger partial charge in [0.15, 0.2) is 11.2 Å². The number of aromatic nitrogens is 3. The Bertz CT molecular complexity index is 1150. The van der Waals surface area contributed by atoms with Crippen molar-refractivity contribution >= 4 is 29.3 Å². The van der Waals surface area contributed by atoms with Gasteiger partial charge in [0.25, 0.3) is 0 Å². The summed E-state index contributed by atoms with van der Waals surface area (Å²) >= 11 is 6.12. The molecule has 2 N–H and O–H groups in total. The first-order valence-corrected chi connectivity index (χ1v) is 9.89. The molecule has 2 aromatic heterocycles. The average Bonchev–Trinajstić information content (AvgIpc) is 3.28. The molecule has 1 aliphatic heterocycles. The number of pyridine rings is 1. The molecule has 0 radical (unpaired) electrons. The molecule has 2 atom stereocenters. The van der Waals surface area contributed by atoms with Crippen LogP contribution in [-0.2, 0) is 0 Å². The lowest BCUT2D eigenvalue weighted by Gasteiger charge is -2.24. The van der Waals surface area contributed by atoms with Gasteiger partial charge in [0.1, 0.15) is 5.82 Å². The second-order valence-corrected chi connectivity index (χ2v) is 7.75. The Balaban J connectivity index is 1.59. The molecule has 2 unspecified atom stereocenters. The number of fused-ring (bicyclic) bond motifs is 3. The second kappa shape index (κ2) is 7.00. The van der Waals surface area contributed by atoms with E-state index < -0.39 is 0 Å². The molecule has 3 heterocycles. The van der Waals surface area contributed by atoms with Gasteiger partial charge in [-0.25, -0.2) is 9.78 Å². The molecule has 146 valence electrons. The number of nitrogens with zero attached hydrogens (tertiary/aromatic N) is 3. The van der Waals surface area contributed by atoms with Crippen molar-refractivity contribution in [2.75, 3.05) is 10.2 Å². The summed E-state index contributed by atoms with van der Waals surface area (Å²) in [6.07, 6.45) is 7.29. The number of rotatable bonds is 2. The first-order chi connectivity index (χ1) is 14.1. The van der Waals surface area contributed by atoms with E-state index >= 15 is 0 Å². The highest BCUT2D eigenvalue weighted by molar-refractivity contribution is 6.30. The predicted molar refractivity (Wildman–Crippen MR) is 111 cm³/mol. The van der Waals surface area contributed by atoms with E-state index in [9.17, 15) is 9.59 Å². The molecule has 1 aliphatic carbocycles. The molecule has 0 saturated heterocycles. The van der Waals surface area contributed by atoms with Gasteiger partial charge in [-0.3, -0.25) is 20.0 Å². The number of anilines is 2. The first-order valence-electron chi connectivity index (χ1n) is 9.51. The molecule has 7 nitrogen and oxygen atoms in total. The van der Waals surface area contributed by atoms with Crippen molar-refractivity contribution < 1.29 is 4.79 Å². The topological polar surface area (TPSA) is 91.0 Å². The summed E-state index contributed by atoms with van der Waals surface area (Å²) in [6.45, 7) is 0. The van der Waals surface area contributed by atoms with Crippen LogP contribution < -0.4 is 15.6 Å². The molecule has 29 heavy (non-hydrogen) atoms. The van der Waals surface area contributed by atoms with Gasteiger partial charge in [-0.05, 0) is 30.5 Å². The third-order valence-electron chi connectivity index (χ3n) is 5.62. The number of hydrogen-bond acceptors (Lipinski definition) is 4. The summed E-state index contributed by atoms with van der Waals surface area (Å²) in [6, 6.07) is 8.52. The lowest BCUT2D eigenvalue weighted by atomic mass is 9.98. The molecule has 2 amide bonds. The third kappa shape index (κ3) is 3.07. The highest BCUT2D eigenvalue weighted by Crippen LogP contribution is 2.47. The Morgan fingerprint density at radius 3 is 2.93 bits per heavy atom. The lowest BCUT2D eigenvalue weighted by Crippen LogP contribution is -2.41. The number of hydrogen-bond donors (Lipinski definition) is 2. The molecule has 1 fully saturated rings. The van der Waals surface area contributed by atoms with E-state index in [1.165, 1.54) is 12.4 Å². The molecule has 1 aromatic carbocycles. The fraction of sp³-hybridized carbons (Fsp3) is 0.238. The van der Waals surface area contributed by atoms with Gasteiger partial charge < -0.3 is 4.98 Å². The summed E-state index contributed by atoms with van der Waals surface area (Å²) in [5, 5.41) is 3.38. The van der Waals surface area contributed by atoms with Gasteiger partial charge in [0.2, 0.25) is 0 Å². The molecule has 3 aromatic rings. The van der Waals surface area contributed by atoms with E-state index in [4.69, 9.17) is 11.6 Å². The van der Waals surface area contributed by atoms with Crippen LogP contribution in [0.15, 0.2) is 53.7 Å². The highest BCUT2D eigenvalue weighted by atomic mass is 35.5. The maximum absolute atomic E-state index is 13.1. The summed E-state index contributed by atoms with van der Waals surface area (Å²) in [4.78, 5) is 39.3. The van der Waals surface area contributed by atoms with E-state index in [-0.39, 0.29) is 23.4 Å². The van der Waals surface area contributed by atoms with E-state index in [2.05, 4.69) is 20.3 Å². The smallest absolute Gasteiger partial charge is 0.328 e. The Hall–Kier alpha value is -3.19. The molecule has 1 saturated carbocycles. The Labute approximate surface area is 171 Å². The average molecular weight is 408 g/mol. The Morgan fingerprint density at radius 2 is 2.14 bits per heavy atom. The van der Waals surface area contributed by atoms with Crippen molar-refractivity contribution in [3.8, 4) is 11.3 Å². The number of carbonyl (C=O) groups excluding carboxylic acids is 1. The van der Waals surface area contributed by atoms with Crippen LogP contribution in [0.2, 0.25) is 5.02 Å². The fourth-order valence-electron chi connectivity index (χ4n) is 4.45. The van der Waals surface area contributed by atoms with Crippen molar-refractivity contribution in [3.63, 3.8) is 0 Å².